The molecule has 0 spiro atoms. The number of carbonyl (C=O) groups is 1. The fraction of sp³-hybridized carbons (Fsp3) is 0.333. The largest absolute Gasteiger partial charge is 0.480 e. The van der Waals surface area contributed by atoms with Gasteiger partial charge in [0.25, 0.3) is 0 Å². The van der Waals surface area contributed by atoms with Crippen molar-refractivity contribution in [3.63, 3.8) is 0 Å². The Morgan fingerprint density at radius 2 is 2.35 bits per heavy atom. The molecule has 4 nitrogen and oxygen atoms in total. The van der Waals surface area contributed by atoms with E-state index in [2.05, 4.69) is 16.0 Å². The summed E-state index contributed by atoms with van der Waals surface area (Å²) in [6.07, 6.45) is 1.78. The zero-order valence-corrected chi connectivity index (χ0v) is 11.8. The normalized spacial score (nSPS) is 20.1. The lowest BCUT2D eigenvalue weighted by Crippen LogP contribution is -2.46. The van der Waals surface area contributed by atoms with Crippen LogP contribution in [0.1, 0.15) is 5.56 Å². The Hall–Kier alpha value is -1.59. The number of hydrogen-bond donors (Lipinski definition) is 1. The maximum Gasteiger partial charge on any atom is 0.321 e. The maximum atomic E-state index is 11.3. The first-order chi connectivity index (χ1) is 9.74. The fourth-order valence-corrected chi connectivity index (χ4v) is 3.62. The predicted octanol–water partition coefficient (Wildman–Crippen LogP) is 2.24. The molecule has 0 aliphatic carbocycles. The van der Waals surface area contributed by atoms with Gasteiger partial charge in [0.1, 0.15) is 6.04 Å². The fourth-order valence-electron chi connectivity index (χ4n) is 2.51. The smallest absolute Gasteiger partial charge is 0.321 e. The standard InChI is InChI=1S/C15H16N2O2S/c18-15(19)14-10-20-7-6-17(14)9-11-3-4-13-12(8-11)2-1-5-16-13/h1-5,8,14H,6-7,9-10H2,(H,18,19). The first kappa shape index (κ1) is 13.4. The average Bonchev–Trinajstić information content (AvgIpc) is 2.47. The Bertz CT molecular complexity index is 632. The van der Waals surface area contributed by atoms with Crippen LogP contribution in [-0.4, -0.2) is 45.1 Å². The van der Waals surface area contributed by atoms with E-state index in [1.807, 2.05) is 24.3 Å². The predicted molar refractivity (Wildman–Crippen MR) is 80.9 cm³/mol. The lowest BCUT2D eigenvalue weighted by molar-refractivity contribution is -0.142. The number of hydrogen-bond acceptors (Lipinski definition) is 4. The van der Waals surface area contributed by atoms with E-state index in [0.717, 1.165) is 28.8 Å². The second-order valence-electron chi connectivity index (χ2n) is 4.93. The number of nitrogens with zero attached hydrogens (tertiary/aromatic N) is 2. The number of rotatable bonds is 3. The molecule has 5 heteroatoms. The van der Waals surface area contributed by atoms with E-state index < -0.39 is 5.97 Å². The Morgan fingerprint density at radius 3 is 3.20 bits per heavy atom. The van der Waals surface area contributed by atoms with Gasteiger partial charge in [0.15, 0.2) is 0 Å². The molecule has 1 saturated heterocycles. The zero-order chi connectivity index (χ0) is 13.9. The first-order valence-electron chi connectivity index (χ1n) is 6.62. The Kier molecular flexibility index (Phi) is 3.89. The number of aliphatic carboxylic acids is 1. The van der Waals surface area contributed by atoms with E-state index in [1.54, 1.807) is 18.0 Å². The summed E-state index contributed by atoms with van der Waals surface area (Å²) in [6.45, 7) is 1.51. The quantitative estimate of drug-likeness (QED) is 0.938. The first-order valence-corrected chi connectivity index (χ1v) is 7.78. The van der Waals surface area contributed by atoms with E-state index in [-0.39, 0.29) is 6.04 Å². The third-order valence-electron chi connectivity index (χ3n) is 3.58. The van der Waals surface area contributed by atoms with Crippen molar-refractivity contribution in [1.82, 2.24) is 9.88 Å². The van der Waals surface area contributed by atoms with Crippen LogP contribution in [0.15, 0.2) is 36.5 Å². The molecule has 1 atom stereocenters. The van der Waals surface area contributed by atoms with Gasteiger partial charge in [-0.2, -0.15) is 11.8 Å². The second kappa shape index (κ2) is 5.81. The molecule has 0 bridgehead atoms. The average molecular weight is 288 g/mol. The molecule has 3 rings (SSSR count). The Labute approximate surface area is 121 Å². The minimum atomic E-state index is -0.723. The van der Waals surface area contributed by atoms with Crippen LogP contribution in [0, 0.1) is 0 Å². The monoisotopic (exact) mass is 288 g/mol. The van der Waals surface area contributed by atoms with Crippen LogP contribution in [0.25, 0.3) is 10.9 Å². The summed E-state index contributed by atoms with van der Waals surface area (Å²) in [5.41, 5.74) is 2.11. The summed E-state index contributed by atoms with van der Waals surface area (Å²) in [5.74, 6) is 0.947. The summed E-state index contributed by atoms with van der Waals surface area (Å²) < 4.78 is 0. The van der Waals surface area contributed by atoms with Crippen LogP contribution >= 0.6 is 11.8 Å². The van der Waals surface area contributed by atoms with Crippen LogP contribution < -0.4 is 0 Å². The lowest BCUT2D eigenvalue weighted by atomic mass is 10.1. The van der Waals surface area contributed by atoms with Crippen molar-refractivity contribution in [2.45, 2.75) is 12.6 Å². The molecule has 0 saturated carbocycles. The molecule has 2 heterocycles. The van der Waals surface area contributed by atoms with Crippen LogP contribution in [0.5, 0.6) is 0 Å². The molecule has 1 aromatic heterocycles. The van der Waals surface area contributed by atoms with Crippen LogP contribution in [0.4, 0.5) is 0 Å². The van der Waals surface area contributed by atoms with Gasteiger partial charge in [0.05, 0.1) is 5.52 Å². The number of carboxylic acids is 1. The van der Waals surface area contributed by atoms with Crippen LogP contribution in [0.2, 0.25) is 0 Å². The molecular weight excluding hydrogens is 272 g/mol. The molecule has 104 valence electrons. The van der Waals surface area contributed by atoms with Gasteiger partial charge in [0, 0.05) is 36.2 Å². The number of aromatic nitrogens is 1. The van der Waals surface area contributed by atoms with Crippen molar-refractivity contribution in [1.29, 1.82) is 0 Å². The third kappa shape index (κ3) is 2.78. The molecule has 1 unspecified atom stereocenters. The van der Waals surface area contributed by atoms with Gasteiger partial charge in [-0.3, -0.25) is 14.7 Å². The molecule has 1 fully saturated rings. The van der Waals surface area contributed by atoms with Gasteiger partial charge < -0.3 is 5.11 Å². The summed E-state index contributed by atoms with van der Waals surface area (Å²) >= 11 is 1.72. The molecule has 1 aliphatic rings. The van der Waals surface area contributed by atoms with Crippen molar-refractivity contribution >= 4 is 28.6 Å². The summed E-state index contributed by atoms with van der Waals surface area (Å²) in [5, 5.41) is 10.4. The van der Waals surface area contributed by atoms with E-state index in [9.17, 15) is 9.90 Å². The van der Waals surface area contributed by atoms with Crippen molar-refractivity contribution in [2.75, 3.05) is 18.1 Å². The van der Waals surface area contributed by atoms with Gasteiger partial charge in [-0.15, -0.1) is 0 Å². The molecule has 1 N–H and O–H groups in total. The number of pyridine rings is 1. The maximum absolute atomic E-state index is 11.3. The number of carboxylic acid groups (broad SMARTS) is 1. The topological polar surface area (TPSA) is 53.4 Å². The van der Waals surface area contributed by atoms with Gasteiger partial charge in [-0.05, 0) is 23.8 Å². The summed E-state index contributed by atoms with van der Waals surface area (Å²) in [7, 11) is 0. The van der Waals surface area contributed by atoms with E-state index in [0.29, 0.717) is 12.3 Å². The van der Waals surface area contributed by atoms with Gasteiger partial charge in [-0.25, -0.2) is 0 Å². The number of thioether (sulfide) groups is 1. The van der Waals surface area contributed by atoms with E-state index in [1.165, 1.54) is 0 Å². The van der Waals surface area contributed by atoms with E-state index in [4.69, 9.17) is 0 Å². The molecule has 0 amide bonds. The Morgan fingerprint density at radius 1 is 1.45 bits per heavy atom. The van der Waals surface area contributed by atoms with Gasteiger partial charge >= 0.3 is 5.97 Å². The van der Waals surface area contributed by atoms with Crippen molar-refractivity contribution < 1.29 is 9.90 Å². The molecular formula is C15H16N2O2S. The minimum absolute atomic E-state index is 0.377. The van der Waals surface area contributed by atoms with Crippen LogP contribution in [0.3, 0.4) is 0 Å². The van der Waals surface area contributed by atoms with E-state index >= 15 is 0 Å². The van der Waals surface area contributed by atoms with Crippen molar-refractivity contribution in [3.05, 3.63) is 42.1 Å². The summed E-state index contributed by atoms with van der Waals surface area (Å²) in [4.78, 5) is 17.7. The molecule has 20 heavy (non-hydrogen) atoms. The highest BCUT2D eigenvalue weighted by molar-refractivity contribution is 7.99. The highest BCUT2D eigenvalue weighted by Crippen LogP contribution is 2.21. The number of benzene rings is 1. The van der Waals surface area contributed by atoms with Gasteiger partial charge in [-0.1, -0.05) is 12.1 Å². The Balaban J connectivity index is 1.82. The minimum Gasteiger partial charge on any atom is -0.480 e. The molecule has 0 radical (unpaired) electrons. The molecule has 1 aromatic carbocycles. The van der Waals surface area contributed by atoms with Crippen molar-refractivity contribution in [3.8, 4) is 0 Å². The van der Waals surface area contributed by atoms with Gasteiger partial charge in [0.2, 0.25) is 0 Å². The highest BCUT2D eigenvalue weighted by Gasteiger charge is 2.28. The summed E-state index contributed by atoms with van der Waals surface area (Å²) in [6, 6.07) is 9.72. The third-order valence-corrected chi connectivity index (χ3v) is 4.60. The SMILES string of the molecule is O=C(O)C1CSCCN1Cc1ccc2ncccc2c1. The molecule has 1 aliphatic heterocycles. The highest BCUT2D eigenvalue weighted by atomic mass is 32.2. The van der Waals surface area contributed by atoms with Crippen molar-refractivity contribution in [2.24, 2.45) is 0 Å². The zero-order valence-electron chi connectivity index (χ0n) is 11.0. The second-order valence-corrected chi connectivity index (χ2v) is 6.08. The number of fused-ring (bicyclic) bond motifs is 1. The lowest BCUT2D eigenvalue weighted by Gasteiger charge is -2.32. The van der Waals surface area contributed by atoms with Crippen LogP contribution in [-0.2, 0) is 11.3 Å². The molecule has 2 aromatic rings.